The van der Waals surface area contributed by atoms with Gasteiger partial charge in [0.05, 0.1) is 16.7 Å². The third-order valence-corrected chi connectivity index (χ3v) is 4.38. The molecule has 5 nitrogen and oxygen atoms in total. The number of aliphatic hydroxyl groups excluding tert-OH is 1. The molecule has 1 aliphatic rings. The monoisotopic (exact) mass is 318 g/mol. The van der Waals surface area contributed by atoms with Crippen LogP contribution in [-0.4, -0.2) is 21.1 Å². The van der Waals surface area contributed by atoms with Crippen molar-refractivity contribution in [1.82, 2.24) is 4.98 Å². The van der Waals surface area contributed by atoms with Crippen LogP contribution < -0.4 is 0 Å². The number of nitrogens with zero attached hydrogens (tertiary/aromatic N) is 2. The molecule has 1 aromatic carbocycles. The van der Waals surface area contributed by atoms with Gasteiger partial charge in [-0.1, -0.05) is 19.9 Å². The first-order valence-corrected chi connectivity index (χ1v) is 8.06. The fraction of sp³-hybridized carbons (Fsp3) is 0.312. The zero-order valence-corrected chi connectivity index (χ0v) is 13.3. The molecule has 0 saturated heterocycles. The second-order valence-electron chi connectivity index (χ2n) is 4.60. The Hall–Kier alpha value is -2.05. The highest BCUT2D eigenvalue weighted by Gasteiger charge is 2.15. The van der Waals surface area contributed by atoms with Crippen LogP contribution in [0.25, 0.3) is 16.6 Å². The van der Waals surface area contributed by atoms with Gasteiger partial charge in [-0.15, -0.1) is 11.3 Å². The van der Waals surface area contributed by atoms with E-state index in [1.54, 1.807) is 29.5 Å². The molecule has 1 heterocycles. The molecular formula is C16H18N2O3S. The molecule has 0 bridgehead atoms. The SMILES string of the molecule is CC.O=[N+]([O-])c1ccc(-c2nc3c(s2)CCC(O)C=C3)cc1. The van der Waals surface area contributed by atoms with Crippen molar-refractivity contribution in [1.29, 1.82) is 0 Å². The normalized spacial score (nSPS) is 16.2. The molecule has 0 radical (unpaired) electrons. The van der Waals surface area contributed by atoms with E-state index in [-0.39, 0.29) is 5.69 Å². The summed E-state index contributed by atoms with van der Waals surface area (Å²) >= 11 is 1.57. The topological polar surface area (TPSA) is 76.3 Å². The molecule has 116 valence electrons. The number of nitro groups is 1. The van der Waals surface area contributed by atoms with E-state index in [2.05, 4.69) is 4.98 Å². The molecule has 0 aliphatic heterocycles. The first-order valence-electron chi connectivity index (χ1n) is 7.24. The standard InChI is InChI=1S/C14H12N2O3S.C2H6/c17-11-5-7-12-13(8-6-11)20-14(15-12)9-1-3-10(4-2-9)16(18)19;1-2/h1-5,7,11,17H,6,8H2;1-2H3. The van der Waals surface area contributed by atoms with Gasteiger partial charge in [-0.25, -0.2) is 4.98 Å². The second kappa shape index (κ2) is 7.29. The van der Waals surface area contributed by atoms with Crippen LogP contribution in [0, 0.1) is 10.1 Å². The van der Waals surface area contributed by atoms with Crippen molar-refractivity contribution in [3.8, 4) is 10.6 Å². The number of hydrogen-bond donors (Lipinski definition) is 1. The molecule has 1 atom stereocenters. The third-order valence-electron chi connectivity index (χ3n) is 3.20. The van der Waals surface area contributed by atoms with Crippen molar-refractivity contribution >= 4 is 23.1 Å². The molecule has 0 amide bonds. The number of fused-ring (bicyclic) bond motifs is 1. The van der Waals surface area contributed by atoms with Gasteiger partial charge in [0.2, 0.25) is 0 Å². The molecular weight excluding hydrogens is 300 g/mol. The number of non-ortho nitro benzene ring substituents is 1. The number of hydrogen-bond acceptors (Lipinski definition) is 5. The summed E-state index contributed by atoms with van der Waals surface area (Å²) in [5.41, 5.74) is 1.84. The van der Waals surface area contributed by atoms with Crippen molar-refractivity contribution in [3.63, 3.8) is 0 Å². The lowest BCUT2D eigenvalue weighted by molar-refractivity contribution is -0.384. The Morgan fingerprint density at radius 1 is 1.32 bits per heavy atom. The van der Waals surface area contributed by atoms with Crippen LogP contribution in [0.3, 0.4) is 0 Å². The maximum absolute atomic E-state index is 10.6. The molecule has 6 heteroatoms. The number of benzene rings is 1. The van der Waals surface area contributed by atoms with E-state index >= 15 is 0 Å². The molecule has 1 unspecified atom stereocenters. The number of thiazole rings is 1. The molecule has 0 fully saturated rings. The van der Waals surface area contributed by atoms with Gasteiger partial charge in [0.15, 0.2) is 0 Å². The van der Waals surface area contributed by atoms with Crippen LogP contribution in [0.4, 0.5) is 5.69 Å². The molecule has 1 N–H and O–H groups in total. The van der Waals surface area contributed by atoms with E-state index in [4.69, 9.17) is 0 Å². The first kappa shape index (κ1) is 16.3. The highest BCUT2D eigenvalue weighted by atomic mass is 32.1. The highest BCUT2D eigenvalue weighted by Crippen LogP contribution is 2.32. The lowest BCUT2D eigenvalue weighted by atomic mass is 10.2. The summed E-state index contributed by atoms with van der Waals surface area (Å²) in [4.78, 5) is 15.9. The summed E-state index contributed by atoms with van der Waals surface area (Å²) < 4.78 is 0. The highest BCUT2D eigenvalue weighted by molar-refractivity contribution is 7.15. The predicted molar refractivity (Wildman–Crippen MR) is 88.9 cm³/mol. The Balaban J connectivity index is 0.000000847. The molecule has 3 rings (SSSR count). The zero-order valence-electron chi connectivity index (χ0n) is 12.5. The fourth-order valence-electron chi connectivity index (χ4n) is 2.10. The summed E-state index contributed by atoms with van der Waals surface area (Å²) in [6, 6.07) is 6.41. The molecule has 0 spiro atoms. The number of aliphatic hydroxyl groups is 1. The lowest BCUT2D eigenvalue weighted by Crippen LogP contribution is -2.00. The Morgan fingerprint density at radius 3 is 2.64 bits per heavy atom. The van der Waals surface area contributed by atoms with Gasteiger partial charge in [0.25, 0.3) is 5.69 Å². The maximum atomic E-state index is 10.6. The number of aromatic nitrogens is 1. The Bertz CT molecular complexity index is 677. The number of aryl methyl sites for hydroxylation is 1. The zero-order chi connectivity index (χ0) is 16.1. The van der Waals surface area contributed by atoms with Crippen molar-refractivity contribution in [2.45, 2.75) is 32.8 Å². The van der Waals surface area contributed by atoms with E-state index < -0.39 is 11.0 Å². The smallest absolute Gasteiger partial charge is 0.269 e. The average molecular weight is 318 g/mol. The van der Waals surface area contributed by atoms with Crippen LogP contribution in [0.5, 0.6) is 0 Å². The van der Waals surface area contributed by atoms with Crippen molar-refractivity contribution in [2.24, 2.45) is 0 Å². The molecule has 1 aliphatic carbocycles. The lowest BCUT2D eigenvalue weighted by Gasteiger charge is -1.99. The van der Waals surface area contributed by atoms with E-state index in [1.165, 1.54) is 12.1 Å². The Kier molecular flexibility index (Phi) is 5.41. The quantitative estimate of drug-likeness (QED) is 0.669. The van der Waals surface area contributed by atoms with Crippen LogP contribution >= 0.6 is 11.3 Å². The average Bonchev–Trinajstić information content (AvgIpc) is 2.88. The summed E-state index contributed by atoms with van der Waals surface area (Å²) in [6.45, 7) is 4.00. The van der Waals surface area contributed by atoms with Gasteiger partial charge in [-0.05, 0) is 31.1 Å². The van der Waals surface area contributed by atoms with Crippen molar-refractivity contribution in [3.05, 3.63) is 51.0 Å². The maximum Gasteiger partial charge on any atom is 0.269 e. The Morgan fingerprint density at radius 2 is 2.00 bits per heavy atom. The first-order chi connectivity index (χ1) is 10.6. The minimum Gasteiger partial charge on any atom is -0.389 e. The van der Waals surface area contributed by atoms with Crippen molar-refractivity contribution in [2.75, 3.05) is 0 Å². The van der Waals surface area contributed by atoms with Crippen molar-refractivity contribution < 1.29 is 10.0 Å². The minimum atomic E-state index is -0.412. The number of nitro benzene ring substituents is 1. The van der Waals surface area contributed by atoms with Crippen LogP contribution in [0.1, 0.15) is 30.8 Å². The summed E-state index contributed by atoms with van der Waals surface area (Å²) in [7, 11) is 0. The van der Waals surface area contributed by atoms with E-state index in [9.17, 15) is 15.2 Å². The van der Waals surface area contributed by atoms with Gasteiger partial charge >= 0.3 is 0 Å². The van der Waals surface area contributed by atoms with Gasteiger partial charge in [0, 0.05) is 22.6 Å². The van der Waals surface area contributed by atoms with Gasteiger partial charge in [0.1, 0.15) is 5.01 Å². The molecule has 1 aromatic heterocycles. The second-order valence-corrected chi connectivity index (χ2v) is 5.68. The molecule has 0 saturated carbocycles. The van der Waals surface area contributed by atoms with Crippen LogP contribution in [0.2, 0.25) is 0 Å². The Labute approximate surface area is 133 Å². The van der Waals surface area contributed by atoms with Gasteiger partial charge < -0.3 is 5.11 Å². The summed E-state index contributed by atoms with van der Waals surface area (Å²) in [5.74, 6) is 0. The van der Waals surface area contributed by atoms with Gasteiger partial charge in [-0.2, -0.15) is 0 Å². The van der Waals surface area contributed by atoms with E-state index in [0.717, 1.165) is 27.6 Å². The third kappa shape index (κ3) is 3.58. The number of rotatable bonds is 2. The van der Waals surface area contributed by atoms with E-state index in [0.29, 0.717) is 6.42 Å². The molecule has 22 heavy (non-hydrogen) atoms. The summed E-state index contributed by atoms with van der Waals surface area (Å²) in [6.07, 6.45) is 4.70. The predicted octanol–water partition coefficient (Wildman–Crippen LogP) is 4.06. The van der Waals surface area contributed by atoms with Crippen LogP contribution in [0.15, 0.2) is 30.3 Å². The van der Waals surface area contributed by atoms with Gasteiger partial charge in [-0.3, -0.25) is 10.1 Å². The fourth-order valence-corrected chi connectivity index (χ4v) is 3.17. The van der Waals surface area contributed by atoms with E-state index in [1.807, 2.05) is 19.9 Å². The largest absolute Gasteiger partial charge is 0.389 e. The summed E-state index contributed by atoms with van der Waals surface area (Å²) in [5, 5.41) is 21.1. The van der Waals surface area contributed by atoms with Crippen LogP contribution in [-0.2, 0) is 6.42 Å². The minimum absolute atomic E-state index is 0.0786. The molecule has 2 aromatic rings.